The van der Waals surface area contributed by atoms with Crippen LogP contribution in [0, 0.1) is 5.82 Å². The highest BCUT2D eigenvalue weighted by molar-refractivity contribution is 5.29. The third-order valence-electron chi connectivity index (χ3n) is 3.51. The van der Waals surface area contributed by atoms with E-state index in [2.05, 4.69) is 24.3 Å². The quantitative estimate of drug-likeness (QED) is 0.882. The fourth-order valence-corrected chi connectivity index (χ4v) is 2.02. The lowest BCUT2D eigenvalue weighted by atomic mass is 10.1. The highest BCUT2D eigenvalue weighted by Crippen LogP contribution is 2.18. The molecule has 0 bridgehead atoms. The summed E-state index contributed by atoms with van der Waals surface area (Å²) in [5.74, 6) is -0.0636. The van der Waals surface area contributed by atoms with Crippen molar-refractivity contribution >= 4 is 0 Å². The monoisotopic (exact) mass is 277 g/mol. The zero-order valence-corrected chi connectivity index (χ0v) is 12.0. The van der Waals surface area contributed by atoms with Crippen molar-refractivity contribution in [1.29, 1.82) is 0 Å². The van der Waals surface area contributed by atoms with Gasteiger partial charge in [-0.05, 0) is 37.6 Å². The van der Waals surface area contributed by atoms with Crippen LogP contribution < -0.4 is 10.1 Å². The van der Waals surface area contributed by atoms with Gasteiger partial charge in [0.25, 0.3) is 0 Å². The van der Waals surface area contributed by atoms with Gasteiger partial charge in [-0.3, -0.25) is 4.68 Å². The van der Waals surface area contributed by atoms with E-state index < -0.39 is 0 Å². The van der Waals surface area contributed by atoms with Crippen LogP contribution >= 0.6 is 0 Å². The second-order valence-electron chi connectivity index (χ2n) is 4.87. The fourth-order valence-electron chi connectivity index (χ4n) is 2.02. The van der Waals surface area contributed by atoms with Crippen LogP contribution in [0.1, 0.15) is 25.5 Å². The van der Waals surface area contributed by atoms with Crippen molar-refractivity contribution in [2.24, 2.45) is 0 Å². The first-order valence-electron chi connectivity index (χ1n) is 6.66. The summed E-state index contributed by atoms with van der Waals surface area (Å²) in [5.41, 5.74) is 0.891. The minimum absolute atomic E-state index is 0.222. The Morgan fingerprint density at radius 1 is 1.40 bits per heavy atom. The summed E-state index contributed by atoms with van der Waals surface area (Å²) >= 11 is 0. The van der Waals surface area contributed by atoms with Gasteiger partial charge in [0.2, 0.25) is 0 Å². The van der Waals surface area contributed by atoms with E-state index in [1.165, 1.54) is 13.2 Å². The third kappa shape index (κ3) is 3.36. The zero-order chi connectivity index (χ0) is 14.5. The normalized spacial score (nSPS) is 14.0. The van der Waals surface area contributed by atoms with Gasteiger partial charge in [-0.1, -0.05) is 6.07 Å². The van der Waals surface area contributed by atoms with Crippen LogP contribution in [0.15, 0.2) is 36.7 Å². The third-order valence-corrected chi connectivity index (χ3v) is 3.51. The SMILES string of the molecule is COc1ccc(CN[C@H](C)[C@@H](C)n2cccn2)cc1F. The minimum Gasteiger partial charge on any atom is -0.494 e. The summed E-state index contributed by atoms with van der Waals surface area (Å²) in [6.45, 7) is 4.79. The maximum Gasteiger partial charge on any atom is 0.165 e. The lowest BCUT2D eigenvalue weighted by molar-refractivity contribution is 0.364. The van der Waals surface area contributed by atoms with Gasteiger partial charge in [-0.15, -0.1) is 0 Å². The Bertz CT molecular complexity index is 542. The van der Waals surface area contributed by atoms with Crippen LogP contribution in [0.3, 0.4) is 0 Å². The Labute approximate surface area is 118 Å². The van der Waals surface area contributed by atoms with Gasteiger partial charge in [0.05, 0.1) is 13.2 Å². The van der Waals surface area contributed by atoms with E-state index in [0.29, 0.717) is 6.54 Å². The molecule has 5 heteroatoms. The Morgan fingerprint density at radius 3 is 2.80 bits per heavy atom. The number of methoxy groups -OCH3 is 1. The lowest BCUT2D eigenvalue weighted by Crippen LogP contribution is -2.33. The number of benzene rings is 1. The van der Waals surface area contributed by atoms with E-state index in [4.69, 9.17) is 4.74 Å². The number of nitrogens with zero attached hydrogens (tertiary/aromatic N) is 2. The van der Waals surface area contributed by atoms with Gasteiger partial charge in [-0.25, -0.2) is 4.39 Å². The van der Waals surface area contributed by atoms with Crippen molar-refractivity contribution in [3.05, 3.63) is 48.0 Å². The van der Waals surface area contributed by atoms with Gasteiger partial charge in [0.1, 0.15) is 0 Å². The zero-order valence-electron chi connectivity index (χ0n) is 12.0. The molecule has 0 aliphatic carbocycles. The fraction of sp³-hybridized carbons (Fsp3) is 0.400. The Morgan fingerprint density at radius 2 is 2.20 bits per heavy atom. The van der Waals surface area contributed by atoms with Crippen LogP contribution in [0.4, 0.5) is 4.39 Å². The van der Waals surface area contributed by atoms with E-state index in [0.717, 1.165) is 5.56 Å². The van der Waals surface area contributed by atoms with Crippen molar-refractivity contribution in [3.63, 3.8) is 0 Å². The summed E-state index contributed by atoms with van der Waals surface area (Å²) in [4.78, 5) is 0. The average Bonchev–Trinajstić information content (AvgIpc) is 2.98. The molecule has 2 atom stereocenters. The lowest BCUT2D eigenvalue weighted by Gasteiger charge is -2.22. The molecule has 0 aliphatic rings. The van der Waals surface area contributed by atoms with Crippen LogP contribution in [-0.4, -0.2) is 22.9 Å². The summed E-state index contributed by atoms with van der Waals surface area (Å²) in [6.07, 6.45) is 3.71. The molecule has 0 saturated heterocycles. The van der Waals surface area contributed by atoms with E-state index in [1.807, 2.05) is 23.0 Å². The van der Waals surface area contributed by atoms with Gasteiger partial charge in [0.15, 0.2) is 11.6 Å². The van der Waals surface area contributed by atoms with Gasteiger partial charge in [0, 0.05) is 25.0 Å². The molecule has 1 aromatic heterocycles. The molecule has 1 heterocycles. The van der Waals surface area contributed by atoms with Gasteiger partial charge < -0.3 is 10.1 Å². The molecule has 1 N–H and O–H groups in total. The summed E-state index contributed by atoms with van der Waals surface area (Å²) < 4.78 is 20.4. The van der Waals surface area contributed by atoms with Gasteiger partial charge >= 0.3 is 0 Å². The Balaban J connectivity index is 1.93. The highest BCUT2D eigenvalue weighted by atomic mass is 19.1. The molecular weight excluding hydrogens is 257 g/mol. The van der Waals surface area contributed by atoms with Crippen molar-refractivity contribution in [2.45, 2.75) is 32.5 Å². The van der Waals surface area contributed by atoms with E-state index in [-0.39, 0.29) is 23.7 Å². The van der Waals surface area contributed by atoms with Crippen LogP contribution in [0.2, 0.25) is 0 Å². The Kier molecular flexibility index (Phi) is 4.74. The molecule has 2 aromatic rings. The molecule has 0 saturated carbocycles. The summed E-state index contributed by atoms with van der Waals surface area (Å²) in [6, 6.07) is 7.36. The summed E-state index contributed by atoms with van der Waals surface area (Å²) in [7, 11) is 1.46. The van der Waals surface area contributed by atoms with E-state index >= 15 is 0 Å². The smallest absolute Gasteiger partial charge is 0.165 e. The number of rotatable bonds is 6. The number of hydrogen-bond donors (Lipinski definition) is 1. The Hall–Kier alpha value is -1.88. The predicted octanol–water partition coefficient (Wildman–Crippen LogP) is 2.77. The van der Waals surface area contributed by atoms with Crippen LogP contribution in [0.25, 0.3) is 0 Å². The van der Waals surface area contributed by atoms with Crippen molar-refractivity contribution in [2.75, 3.05) is 7.11 Å². The molecule has 0 radical (unpaired) electrons. The molecule has 0 aliphatic heterocycles. The number of halogens is 1. The van der Waals surface area contributed by atoms with Crippen molar-refractivity contribution in [3.8, 4) is 5.75 Å². The largest absolute Gasteiger partial charge is 0.494 e. The topological polar surface area (TPSA) is 39.1 Å². The van der Waals surface area contributed by atoms with E-state index in [1.54, 1.807) is 12.3 Å². The molecule has 108 valence electrons. The average molecular weight is 277 g/mol. The second kappa shape index (κ2) is 6.52. The molecule has 4 nitrogen and oxygen atoms in total. The van der Waals surface area contributed by atoms with E-state index in [9.17, 15) is 4.39 Å². The maximum atomic E-state index is 13.6. The molecule has 2 rings (SSSR count). The molecule has 0 unspecified atom stereocenters. The van der Waals surface area contributed by atoms with Crippen molar-refractivity contribution < 1.29 is 9.13 Å². The standard InChI is InChI=1S/C15H20FN3O/c1-11(12(2)19-8-4-7-18-19)17-10-13-5-6-15(20-3)14(16)9-13/h4-9,11-12,17H,10H2,1-3H3/t11-,12-/m1/s1. The molecule has 0 amide bonds. The maximum absolute atomic E-state index is 13.6. The highest BCUT2D eigenvalue weighted by Gasteiger charge is 2.13. The number of hydrogen-bond acceptors (Lipinski definition) is 3. The van der Waals surface area contributed by atoms with Gasteiger partial charge in [-0.2, -0.15) is 5.10 Å². The number of ether oxygens (including phenoxy) is 1. The predicted molar refractivity (Wildman–Crippen MR) is 76.2 cm³/mol. The summed E-state index contributed by atoms with van der Waals surface area (Å²) in [5, 5.41) is 7.61. The van der Waals surface area contributed by atoms with Crippen molar-refractivity contribution in [1.82, 2.24) is 15.1 Å². The van der Waals surface area contributed by atoms with Crippen LogP contribution in [-0.2, 0) is 6.54 Å². The van der Waals surface area contributed by atoms with Crippen LogP contribution in [0.5, 0.6) is 5.75 Å². The molecule has 20 heavy (non-hydrogen) atoms. The molecule has 0 spiro atoms. The number of aromatic nitrogens is 2. The minimum atomic E-state index is -0.334. The molecular formula is C15H20FN3O. The first-order valence-corrected chi connectivity index (χ1v) is 6.66. The first kappa shape index (κ1) is 14.5. The molecule has 0 fully saturated rings. The first-order chi connectivity index (χ1) is 9.61. The molecule has 1 aromatic carbocycles. The number of nitrogens with one attached hydrogen (secondary N) is 1. The second-order valence-corrected chi connectivity index (χ2v) is 4.87.